The lowest BCUT2D eigenvalue weighted by atomic mass is 10.0. The summed E-state index contributed by atoms with van der Waals surface area (Å²) in [5.41, 5.74) is 0.273. The first kappa shape index (κ1) is 13.5. The third-order valence-electron chi connectivity index (χ3n) is 2.72. The number of halogens is 2. The summed E-state index contributed by atoms with van der Waals surface area (Å²) in [7, 11) is 1.65. The summed E-state index contributed by atoms with van der Waals surface area (Å²) in [5.74, 6) is -0.431. The van der Waals surface area contributed by atoms with E-state index in [1.807, 2.05) is 6.92 Å². The highest BCUT2D eigenvalue weighted by atomic mass is 19.1. The number of rotatable bonds is 5. The number of tetrazole rings is 1. The van der Waals surface area contributed by atoms with Crippen LogP contribution in [0.5, 0.6) is 0 Å². The first-order valence-corrected chi connectivity index (χ1v) is 6.01. The number of hydrogen-bond acceptors (Lipinski definition) is 4. The highest BCUT2D eigenvalue weighted by molar-refractivity contribution is 5.23. The highest BCUT2D eigenvalue weighted by Gasteiger charge is 2.18. The Hall–Kier alpha value is -1.89. The van der Waals surface area contributed by atoms with Crippen molar-refractivity contribution in [2.45, 2.75) is 19.4 Å². The molecule has 0 saturated heterocycles. The molecule has 2 rings (SSSR count). The summed E-state index contributed by atoms with van der Waals surface area (Å²) >= 11 is 0. The number of benzene rings is 1. The summed E-state index contributed by atoms with van der Waals surface area (Å²) in [6.07, 6.45) is 0.349. The van der Waals surface area contributed by atoms with Crippen molar-refractivity contribution in [2.75, 3.05) is 6.54 Å². The minimum atomic E-state index is -0.466. The number of aromatic nitrogens is 4. The van der Waals surface area contributed by atoms with Crippen molar-refractivity contribution in [3.63, 3.8) is 0 Å². The number of hydrogen-bond donors (Lipinski definition) is 1. The molecular weight excluding hydrogens is 252 g/mol. The molecule has 5 nitrogen and oxygen atoms in total. The molecule has 1 unspecified atom stereocenters. The maximum atomic E-state index is 13.8. The minimum absolute atomic E-state index is 0.273. The molecule has 19 heavy (non-hydrogen) atoms. The molecule has 0 radical (unpaired) electrons. The Morgan fingerprint density at radius 3 is 2.79 bits per heavy atom. The van der Waals surface area contributed by atoms with Crippen molar-refractivity contribution >= 4 is 0 Å². The van der Waals surface area contributed by atoms with Crippen LogP contribution < -0.4 is 5.32 Å². The zero-order chi connectivity index (χ0) is 13.8. The Morgan fingerprint density at radius 1 is 1.37 bits per heavy atom. The molecule has 1 aromatic heterocycles. The summed E-state index contributed by atoms with van der Waals surface area (Å²) in [5, 5.41) is 14.7. The smallest absolute Gasteiger partial charge is 0.176 e. The van der Waals surface area contributed by atoms with E-state index in [0.29, 0.717) is 18.8 Å². The second-order valence-corrected chi connectivity index (χ2v) is 4.18. The molecular formula is C12H15F2N5. The van der Waals surface area contributed by atoms with Gasteiger partial charge in [0.15, 0.2) is 5.82 Å². The summed E-state index contributed by atoms with van der Waals surface area (Å²) < 4.78 is 27.0. The molecule has 0 saturated carbocycles. The molecule has 0 aliphatic carbocycles. The lowest BCUT2D eigenvalue weighted by Crippen LogP contribution is -2.24. The molecule has 7 heteroatoms. The fraction of sp³-hybridized carbons (Fsp3) is 0.417. The van der Waals surface area contributed by atoms with E-state index in [-0.39, 0.29) is 11.6 Å². The molecule has 0 fully saturated rings. The fourth-order valence-corrected chi connectivity index (χ4v) is 1.91. The standard InChI is InChI=1S/C12H15F2N5/c1-3-15-11(7-12-16-18-19(2)17-12)9-6-8(13)4-5-10(9)14/h4-6,11,15H,3,7H2,1-2H3. The van der Waals surface area contributed by atoms with Crippen molar-refractivity contribution in [2.24, 2.45) is 7.05 Å². The summed E-state index contributed by atoms with van der Waals surface area (Å²) in [6.45, 7) is 2.52. The van der Waals surface area contributed by atoms with Gasteiger partial charge in [0.1, 0.15) is 11.6 Å². The first-order chi connectivity index (χ1) is 9.10. The molecule has 1 N–H and O–H groups in total. The van der Waals surface area contributed by atoms with Gasteiger partial charge in [-0.3, -0.25) is 0 Å². The Morgan fingerprint density at radius 2 is 2.16 bits per heavy atom. The minimum Gasteiger partial charge on any atom is -0.310 e. The van der Waals surface area contributed by atoms with Crippen molar-refractivity contribution < 1.29 is 8.78 Å². The number of nitrogens with one attached hydrogen (secondary N) is 1. The van der Waals surface area contributed by atoms with Crippen LogP contribution in [0.3, 0.4) is 0 Å². The van der Waals surface area contributed by atoms with Crippen molar-refractivity contribution in [3.05, 3.63) is 41.2 Å². The predicted molar refractivity (Wildman–Crippen MR) is 65.3 cm³/mol. The SMILES string of the molecule is CCNC(Cc1nnn(C)n1)c1cc(F)ccc1F. The molecule has 1 heterocycles. The van der Waals surface area contributed by atoms with E-state index in [9.17, 15) is 8.78 Å². The molecule has 2 aromatic rings. The second kappa shape index (κ2) is 5.83. The van der Waals surface area contributed by atoms with Gasteiger partial charge in [-0.15, -0.1) is 10.2 Å². The Labute approximate surface area is 109 Å². The van der Waals surface area contributed by atoms with Crippen LogP contribution in [0, 0.1) is 11.6 Å². The maximum absolute atomic E-state index is 13.8. The van der Waals surface area contributed by atoms with Crippen LogP contribution in [0.15, 0.2) is 18.2 Å². The molecule has 0 bridgehead atoms. The molecule has 1 aromatic carbocycles. The zero-order valence-electron chi connectivity index (χ0n) is 10.8. The van der Waals surface area contributed by atoms with Gasteiger partial charge in [0.25, 0.3) is 0 Å². The molecule has 0 aliphatic heterocycles. The fourth-order valence-electron chi connectivity index (χ4n) is 1.91. The van der Waals surface area contributed by atoms with E-state index in [1.54, 1.807) is 7.05 Å². The van der Waals surface area contributed by atoms with E-state index in [4.69, 9.17) is 0 Å². The van der Waals surface area contributed by atoms with Gasteiger partial charge in [-0.25, -0.2) is 8.78 Å². The zero-order valence-corrected chi connectivity index (χ0v) is 10.8. The normalized spacial score (nSPS) is 12.6. The highest BCUT2D eigenvalue weighted by Crippen LogP contribution is 2.21. The average Bonchev–Trinajstić information content (AvgIpc) is 2.77. The molecule has 102 valence electrons. The van der Waals surface area contributed by atoms with Gasteiger partial charge in [-0.2, -0.15) is 4.80 Å². The Kier molecular flexibility index (Phi) is 4.16. The lowest BCUT2D eigenvalue weighted by molar-refractivity contribution is 0.493. The van der Waals surface area contributed by atoms with Crippen LogP contribution in [0.25, 0.3) is 0 Å². The van der Waals surface area contributed by atoms with E-state index >= 15 is 0 Å². The quantitative estimate of drug-likeness (QED) is 0.889. The molecule has 1 atom stereocenters. The number of aryl methyl sites for hydroxylation is 1. The Bertz CT molecular complexity index is 555. The monoisotopic (exact) mass is 267 g/mol. The van der Waals surface area contributed by atoms with Gasteiger partial charge in [-0.05, 0) is 30.0 Å². The number of likely N-dealkylation sites (N-methyl/N-ethyl adjacent to an activating group) is 1. The van der Waals surface area contributed by atoms with Crippen LogP contribution in [0.4, 0.5) is 8.78 Å². The van der Waals surface area contributed by atoms with Gasteiger partial charge in [0.05, 0.1) is 7.05 Å². The van der Waals surface area contributed by atoms with Gasteiger partial charge in [-0.1, -0.05) is 6.92 Å². The average molecular weight is 267 g/mol. The van der Waals surface area contributed by atoms with E-state index in [0.717, 1.165) is 12.1 Å². The largest absolute Gasteiger partial charge is 0.310 e. The second-order valence-electron chi connectivity index (χ2n) is 4.18. The van der Waals surface area contributed by atoms with Gasteiger partial charge >= 0.3 is 0 Å². The van der Waals surface area contributed by atoms with E-state index in [1.165, 1.54) is 10.9 Å². The van der Waals surface area contributed by atoms with E-state index < -0.39 is 11.6 Å². The van der Waals surface area contributed by atoms with Gasteiger partial charge < -0.3 is 5.32 Å². The lowest BCUT2D eigenvalue weighted by Gasteiger charge is -2.17. The maximum Gasteiger partial charge on any atom is 0.176 e. The van der Waals surface area contributed by atoms with Crippen molar-refractivity contribution in [1.29, 1.82) is 0 Å². The predicted octanol–water partition coefficient (Wildman–Crippen LogP) is 1.38. The van der Waals surface area contributed by atoms with Crippen LogP contribution in [0.2, 0.25) is 0 Å². The van der Waals surface area contributed by atoms with E-state index in [2.05, 4.69) is 20.7 Å². The first-order valence-electron chi connectivity index (χ1n) is 6.01. The van der Waals surface area contributed by atoms with Gasteiger partial charge in [0.2, 0.25) is 0 Å². The van der Waals surface area contributed by atoms with Crippen LogP contribution >= 0.6 is 0 Å². The molecule has 0 spiro atoms. The summed E-state index contributed by atoms with van der Waals surface area (Å²) in [6, 6.07) is 3.03. The topological polar surface area (TPSA) is 55.6 Å². The van der Waals surface area contributed by atoms with Crippen LogP contribution in [-0.4, -0.2) is 26.8 Å². The van der Waals surface area contributed by atoms with Crippen molar-refractivity contribution in [1.82, 2.24) is 25.5 Å². The molecule has 0 amide bonds. The summed E-state index contributed by atoms with van der Waals surface area (Å²) in [4.78, 5) is 1.33. The molecule has 0 aliphatic rings. The number of nitrogens with zero attached hydrogens (tertiary/aromatic N) is 4. The van der Waals surface area contributed by atoms with Crippen LogP contribution in [0.1, 0.15) is 24.4 Å². The van der Waals surface area contributed by atoms with Crippen molar-refractivity contribution in [3.8, 4) is 0 Å². The third kappa shape index (κ3) is 3.31. The van der Waals surface area contributed by atoms with Crippen LogP contribution in [-0.2, 0) is 13.5 Å². The van der Waals surface area contributed by atoms with Gasteiger partial charge in [0, 0.05) is 18.0 Å². The third-order valence-corrected chi connectivity index (χ3v) is 2.72. The Balaban J connectivity index is 2.26.